The highest BCUT2D eigenvalue weighted by Crippen LogP contribution is 2.39. The topological polar surface area (TPSA) is 83.2 Å². The van der Waals surface area contributed by atoms with Gasteiger partial charge < -0.3 is 9.84 Å². The van der Waals surface area contributed by atoms with Crippen LogP contribution in [-0.2, 0) is 0 Å². The minimum absolute atomic E-state index is 0.0711. The van der Waals surface area contributed by atoms with E-state index in [1.54, 1.807) is 13.0 Å². The van der Waals surface area contributed by atoms with Gasteiger partial charge in [-0.3, -0.25) is 0 Å². The molecular weight excluding hydrogens is 356 g/mol. The monoisotopic (exact) mass is 372 g/mol. The summed E-state index contributed by atoms with van der Waals surface area (Å²) in [4.78, 5) is 16.7. The van der Waals surface area contributed by atoms with Gasteiger partial charge in [0.25, 0.3) is 0 Å². The molecule has 1 unspecified atom stereocenters. The molecule has 1 aromatic carbocycles. The highest BCUT2D eigenvalue weighted by atomic mass is 32.1. The van der Waals surface area contributed by atoms with Crippen LogP contribution in [0.15, 0.2) is 18.2 Å². The average molecular weight is 372 g/mol. The average Bonchev–Trinajstić information content (AvgIpc) is 3.17. The van der Waals surface area contributed by atoms with Gasteiger partial charge in [-0.15, -0.1) is 22.7 Å². The molecule has 2 aromatic heterocycles. The lowest BCUT2D eigenvalue weighted by molar-refractivity contribution is 0.0701. The number of nitriles is 1. The van der Waals surface area contributed by atoms with Crippen molar-refractivity contribution >= 4 is 38.7 Å². The Balaban J connectivity index is 2.09. The molecule has 0 aliphatic carbocycles. The van der Waals surface area contributed by atoms with E-state index < -0.39 is 5.97 Å². The molecule has 7 heteroatoms. The number of carboxylic acids is 1. The van der Waals surface area contributed by atoms with E-state index >= 15 is 0 Å². The molecule has 3 rings (SSSR count). The Kier molecular flexibility index (Phi) is 4.75. The first-order valence-electron chi connectivity index (χ1n) is 7.78. The molecule has 0 spiro atoms. The molecule has 1 atom stereocenters. The summed E-state index contributed by atoms with van der Waals surface area (Å²) in [7, 11) is 0. The number of nitrogens with zero attached hydrogens (tertiary/aromatic N) is 2. The lowest BCUT2D eigenvalue weighted by atomic mass is 10.1. The maximum Gasteiger partial charge on any atom is 0.347 e. The van der Waals surface area contributed by atoms with Gasteiger partial charge >= 0.3 is 5.97 Å². The number of thiazole rings is 1. The normalized spacial score (nSPS) is 12.1. The van der Waals surface area contributed by atoms with E-state index in [2.05, 4.69) is 11.1 Å². The Morgan fingerprint density at radius 1 is 1.40 bits per heavy atom. The first-order valence-corrected chi connectivity index (χ1v) is 9.41. The second-order valence-electron chi connectivity index (χ2n) is 5.69. The SMILES string of the molecule is CCC(C)Oc1cc(C#N)c2sc(-c3nc(C)c(C(=O)O)s3)cc2c1. The summed E-state index contributed by atoms with van der Waals surface area (Å²) in [6.07, 6.45) is 0.951. The number of rotatable bonds is 5. The van der Waals surface area contributed by atoms with Crippen LogP contribution in [-0.4, -0.2) is 22.2 Å². The van der Waals surface area contributed by atoms with Crippen molar-refractivity contribution in [2.24, 2.45) is 0 Å². The Morgan fingerprint density at radius 3 is 2.76 bits per heavy atom. The van der Waals surface area contributed by atoms with E-state index in [9.17, 15) is 15.2 Å². The molecule has 0 amide bonds. The predicted octanol–water partition coefficient (Wildman–Crippen LogP) is 5.08. The number of aryl methyl sites for hydroxylation is 1. The number of aromatic carboxylic acids is 1. The van der Waals surface area contributed by atoms with E-state index in [0.29, 0.717) is 22.0 Å². The number of hydrogen-bond donors (Lipinski definition) is 1. The third-order valence-corrected chi connectivity index (χ3v) is 6.32. The van der Waals surface area contributed by atoms with Crippen molar-refractivity contribution in [3.8, 4) is 21.7 Å². The highest BCUT2D eigenvalue weighted by Gasteiger charge is 2.18. The van der Waals surface area contributed by atoms with Crippen LogP contribution in [0, 0.1) is 18.3 Å². The minimum atomic E-state index is -0.968. The quantitative estimate of drug-likeness (QED) is 0.675. The number of thiophene rings is 1. The van der Waals surface area contributed by atoms with E-state index in [-0.39, 0.29) is 11.0 Å². The summed E-state index contributed by atoms with van der Waals surface area (Å²) >= 11 is 2.60. The zero-order valence-corrected chi connectivity index (χ0v) is 15.6. The minimum Gasteiger partial charge on any atom is -0.491 e. The Labute approximate surface area is 153 Å². The number of benzene rings is 1. The molecule has 0 aliphatic rings. The van der Waals surface area contributed by atoms with E-state index in [1.807, 2.05) is 26.0 Å². The van der Waals surface area contributed by atoms with Crippen molar-refractivity contribution in [2.45, 2.75) is 33.3 Å². The van der Waals surface area contributed by atoms with Crippen LogP contribution in [0.2, 0.25) is 0 Å². The maximum absolute atomic E-state index is 11.2. The molecular formula is C18H16N2O3S2. The maximum atomic E-state index is 11.2. The predicted molar refractivity (Wildman–Crippen MR) is 99.7 cm³/mol. The van der Waals surface area contributed by atoms with Gasteiger partial charge in [-0.25, -0.2) is 9.78 Å². The van der Waals surface area contributed by atoms with Gasteiger partial charge in [0.2, 0.25) is 0 Å². The third kappa shape index (κ3) is 3.36. The summed E-state index contributed by atoms with van der Waals surface area (Å²) in [5.41, 5.74) is 1.06. The molecule has 1 N–H and O–H groups in total. The Morgan fingerprint density at radius 2 is 2.16 bits per heavy atom. The largest absolute Gasteiger partial charge is 0.491 e. The van der Waals surface area contributed by atoms with Crippen LogP contribution in [0.1, 0.15) is 41.2 Å². The second kappa shape index (κ2) is 6.82. The molecule has 0 saturated heterocycles. The van der Waals surface area contributed by atoms with Gasteiger partial charge in [-0.2, -0.15) is 5.26 Å². The molecule has 0 saturated carbocycles. The molecule has 25 heavy (non-hydrogen) atoms. The fourth-order valence-corrected chi connectivity index (χ4v) is 4.45. The molecule has 0 bridgehead atoms. The van der Waals surface area contributed by atoms with Crippen LogP contribution >= 0.6 is 22.7 Å². The van der Waals surface area contributed by atoms with Crippen LogP contribution in [0.5, 0.6) is 5.75 Å². The Hall–Kier alpha value is -2.43. The van der Waals surface area contributed by atoms with Gasteiger partial charge in [0.05, 0.1) is 26.9 Å². The van der Waals surface area contributed by atoms with Crippen molar-refractivity contribution in [3.05, 3.63) is 34.3 Å². The second-order valence-corrected chi connectivity index (χ2v) is 7.74. The molecule has 2 heterocycles. The van der Waals surface area contributed by atoms with Crippen LogP contribution in [0.4, 0.5) is 0 Å². The molecule has 0 radical (unpaired) electrons. The van der Waals surface area contributed by atoms with Gasteiger partial charge in [0.15, 0.2) is 0 Å². The number of aromatic nitrogens is 1. The van der Waals surface area contributed by atoms with Crippen LogP contribution < -0.4 is 4.74 Å². The third-order valence-electron chi connectivity index (χ3n) is 3.82. The fourth-order valence-electron chi connectivity index (χ4n) is 2.40. The molecule has 0 fully saturated rings. The summed E-state index contributed by atoms with van der Waals surface area (Å²) in [5.74, 6) is -0.298. The van der Waals surface area contributed by atoms with Crippen molar-refractivity contribution in [3.63, 3.8) is 0 Å². The number of carbonyl (C=O) groups is 1. The summed E-state index contributed by atoms with van der Waals surface area (Å²) in [6, 6.07) is 7.83. The Bertz CT molecular complexity index is 998. The van der Waals surface area contributed by atoms with Crippen LogP contribution in [0.25, 0.3) is 20.0 Å². The first-order chi connectivity index (χ1) is 11.9. The van der Waals surface area contributed by atoms with Gasteiger partial charge in [-0.1, -0.05) is 6.92 Å². The smallest absolute Gasteiger partial charge is 0.347 e. The summed E-state index contributed by atoms with van der Waals surface area (Å²) < 4.78 is 6.71. The number of fused-ring (bicyclic) bond motifs is 1. The first kappa shape index (κ1) is 17.4. The number of ether oxygens (including phenoxy) is 1. The molecule has 0 aliphatic heterocycles. The highest BCUT2D eigenvalue weighted by molar-refractivity contribution is 7.26. The zero-order chi connectivity index (χ0) is 18.1. The van der Waals surface area contributed by atoms with Crippen LogP contribution in [0.3, 0.4) is 0 Å². The molecule has 5 nitrogen and oxygen atoms in total. The fraction of sp³-hybridized carbons (Fsp3) is 0.278. The summed E-state index contributed by atoms with van der Waals surface area (Å²) in [5, 5.41) is 20.2. The van der Waals surface area contributed by atoms with Gasteiger partial charge in [0, 0.05) is 0 Å². The number of hydrogen-bond acceptors (Lipinski definition) is 6. The van der Waals surface area contributed by atoms with Gasteiger partial charge in [0.1, 0.15) is 21.7 Å². The zero-order valence-electron chi connectivity index (χ0n) is 14.0. The van der Waals surface area contributed by atoms with Crippen molar-refractivity contribution in [1.82, 2.24) is 4.98 Å². The van der Waals surface area contributed by atoms with E-state index in [4.69, 9.17) is 4.74 Å². The summed E-state index contributed by atoms with van der Waals surface area (Å²) in [6.45, 7) is 5.72. The van der Waals surface area contributed by atoms with Crippen molar-refractivity contribution in [1.29, 1.82) is 5.26 Å². The van der Waals surface area contributed by atoms with Crippen molar-refractivity contribution in [2.75, 3.05) is 0 Å². The van der Waals surface area contributed by atoms with E-state index in [0.717, 1.165) is 32.7 Å². The lowest BCUT2D eigenvalue weighted by Crippen LogP contribution is -2.09. The molecule has 128 valence electrons. The van der Waals surface area contributed by atoms with Crippen molar-refractivity contribution < 1.29 is 14.6 Å². The molecule has 3 aromatic rings. The number of carboxylic acid groups (broad SMARTS) is 1. The van der Waals surface area contributed by atoms with E-state index in [1.165, 1.54) is 11.3 Å². The standard InChI is InChI=1S/C18H16N2O3S2/c1-4-9(2)23-13-5-11-7-14(24-16(11)12(6-13)8-19)17-20-10(3)15(25-17)18(21)22/h5-7,9H,4H2,1-3H3,(H,21,22). The lowest BCUT2D eigenvalue weighted by Gasteiger charge is -2.12. The van der Waals surface area contributed by atoms with Gasteiger partial charge in [-0.05, 0) is 43.9 Å².